The number of imide groups is 1. The summed E-state index contributed by atoms with van der Waals surface area (Å²) in [6, 6.07) is 6.17. The molecule has 0 radical (unpaired) electrons. The molecule has 3 rings (SSSR count). The highest BCUT2D eigenvalue weighted by atomic mass is 16.5. The summed E-state index contributed by atoms with van der Waals surface area (Å²) in [5.74, 6) is -1.74. The van der Waals surface area contributed by atoms with E-state index in [1.165, 1.54) is 6.92 Å². The maximum atomic E-state index is 12.5. The number of benzene rings is 1. The molecule has 8 nitrogen and oxygen atoms in total. The van der Waals surface area contributed by atoms with Crippen LogP contribution in [0.4, 0.5) is 0 Å². The summed E-state index contributed by atoms with van der Waals surface area (Å²) in [5.41, 5.74) is 0.870. The van der Waals surface area contributed by atoms with Gasteiger partial charge in [0.25, 0.3) is 5.91 Å². The summed E-state index contributed by atoms with van der Waals surface area (Å²) in [5, 5.41) is 2.65. The third-order valence-electron chi connectivity index (χ3n) is 5.60. The fraction of sp³-hybridized carbons (Fsp3) is 0.524. The molecule has 1 N–H and O–H groups in total. The number of rotatable bonds is 7. The molecule has 8 heteroatoms. The van der Waals surface area contributed by atoms with Crippen molar-refractivity contribution in [1.29, 1.82) is 0 Å². The van der Waals surface area contributed by atoms with E-state index in [4.69, 9.17) is 9.47 Å². The van der Waals surface area contributed by atoms with Crippen molar-refractivity contribution in [2.75, 3.05) is 13.7 Å². The van der Waals surface area contributed by atoms with Crippen molar-refractivity contribution in [2.24, 2.45) is 11.8 Å². The van der Waals surface area contributed by atoms with E-state index in [0.717, 1.165) is 23.3 Å². The molecule has 1 aliphatic carbocycles. The second-order valence-corrected chi connectivity index (χ2v) is 7.45. The van der Waals surface area contributed by atoms with Crippen LogP contribution in [0.15, 0.2) is 24.3 Å². The molecule has 1 heterocycles. The van der Waals surface area contributed by atoms with Gasteiger partial charge in [0.05, 0.1) is 18.9 Å². The number of hydrogen-bond acceptors (Lipinski definition) is 6. The van der Waals surface area contributed by atoms with E-state index in [9.17, 15) is 19.2 Å². The molecule has 2 aliphatic rings. The van der Waals surface area contributed by atoms with Gasteiger partial charge in [0.2, 0.25) is 11.8 Å². The van der Waals surface area contributed by atoms with Gasteiger partial charge < -0.3 is 14.8 Å². The van der Waals surface area contributed by atoms with Crippen molar-refractivity contribution in [3.8, 4) is 5.75 Å². The number of ether oxygens (including phenoxy) is 2. The van der Waals surface area contributed by atoms with Crippen molar-refractivity contribution >= 4 is 23.7 Å². The van der Waals surface area contributed by atoms with Crippen LogP contribution in [0.2, 0.25) is 0 Å². The number of amides is 3. The fourth-order valence-electron chi connectivity index (χ4n) is 3.93. The van der Waals surface area contributed by atoms with Crippen molar-refractivity contribution < 1.29 is 28.7 Å². The Bertz CT molecular complexity index is 767. The predicted molar refractivity (Wildman–Crippen MR) is 103 cm³/mol. The minimum absolute atomic E-state index is 0.280. The minimum Gasteiger partial charge on any atom is -0.497 e. The Morgan fingerprint density at radius 2 is 1.69 bits per heavy atom. The third-order valence-corrected chi connectivity index (χ3v) is 5.60. The number of nitrogens with zero attached hydrogens (tertiary/aromatic N) is 1. The Labute approximate surface area is 169 Å². The maximum absolute atomic E-state index is 12.5. The molecule has 0 bridgehead atoms. The summed E-state index contributed by atoms with van der Waals surface area (Å²) < 4.78 is 10.1. The zero-order chi connectivity index (χ0) is 21.0. The first kappa shape index (κ1) is 20.8. The minimum atomic E-state index is -1.03. The third kappa shape index (κ3) is 4.58. The first-order valence-corrected chi connectivity index (χ1v) is 9.85. The number of likely N-dealkylation sites (tertiary alicyclic amines) is 1. The number of hydrogen-bond donors (Lipinski definition) is 1. The van der Waals surface area contributed by atoms with Crippen LogP contribution in [-0.2, 0) is 30.5 Å². The van der Waals surface area contributed by atoms with Gasteiger partial charge in [0.15, 0.2) is 6.61 Å². The average molecular weight is 402 g/mol. The van der Waals surface area contributed by atoms with Gasteiger partial charge in [-0.1, -0.05) is 25.0 Å². The Morgan fingerprint density at radius 3 is 2.24 bits per heavy atom. The normalized spacial score (nSPS) is 22.1. The number of carbonyl (C=O) groups is 4. The Balaban J connectivity index is 1.47. The largest absolute Gasteiger partial charge is 0.497 e. The second-order valence-electron chi connectivity index (χ2n) is 7.45. The molecule has 1 aliphatic heterocycles. The molecule has 3 amide bonds. The van der Waals surface area contributed by atoms with E-state index in [1.807, 2.05) is 12.1 Å². The van der Waals surface area contributed by atoms with Gasteiger partial charge >= 0.3 is 5.97 Å². The second kappa shape index (κ2) is 9.07. The van der Waals surface area contributed by atoms with Gasteiger partial charge in [-0.2, -0.15) is 0 Å². The van der Waals surface area contributed by atoms with E-state index < -0.39 is 24.5 Å². The van der Waals surface area contributed by atoms with Crippen LogP contribution in [0.25, 0.3) is 0 Å². The van der Waals surface area contributed by atoms with Crippen LogP contribution in [0.5, 0.6) is 5.75 Å². The lowest BCUT2D eigenvalue weighted by atomic mass is 9.81. The molecule has 1 aromatic rings. The summed E-state index contributed by atoms with van der Waals surface area (Å²) in [6.45, 7) is 1.27. The topological polar surface area (TPSA) is 102 Å². The van der Waals surface area contributed by atoms with E-state index >= 15 is 0 Å². The number of nitrogens with one attached hydrogen (secondary N) is 1. The van der Waals surface area contributed by atoms with Gasteiger partial charge in [-0.05, 0) is 37.5 Å². The van der Waals surface area contributed by atoms with E-state index in [1.54, 1.807) is 19.2 Å². The number of methoxy groups -OCH3 is 1. The van der Waals surface area contributed by atoms with Gasteiger partial charge in [-0.3, -0.25) is 19.3 Å². The first-order valence-electron chi connectivity index (χ1n) is 9.85. The van der Waals surface area contributed by atoms with Crippen LogP contribution in [0.3, 0.4) is 0 Å². The molecule has 0 spiro atoms. The molecular formula is C21H26N2O6. The Morgan fingerprint density at radius 1 is 1.10 bits per heavy atom. The molecule has 1 saturated carbocycles. The lowest BCUT2D eigenvalue weighted by molar-refractivity contribution is -0.159. The number of fused-ring (bicyclic) bond motifs is 1. The maximum Gasteiger partial charge on any atom is 0.329 e. The molecule has 0 aromatic heterocycles. The highest BCUT2D eigenvalue weighted by Gasteiger charge is 2.51. The summed E-state index contributed by atoms with van der Waals surface area (Å²) in [4.78, 5) is 50.4. The van der Waals surface area contributed by atoms with Gasteiger partial charge in [0, 0.05) is 6.54 Å². The van der Waals surface area contributed by atoms with Crippen molar-refractivity contribution in [3.63, 3.8) is 0 Å². The molecule has 0 unspecified atom stereocenters. The van der Waals surface area contributed by atoms with E-state index in [2.05, 4.69) is 5.32 Å². The fourth-order valence-corrected chi connectivity index (χ4v) is 3.93. The Kier molecular flexibility index (Phi) is 6.51. The van der Waals surface area contributed by atoms with Crippen LogP contribution in [0, 0.1) is 11.8 Å². The quantitative estimate of drug-likeness (QED) is 0.547. The highest BCUT2D eigenvalue weighted by Crippen LogP contribution is 2.38. The molecule has 156 valence electrons. The van der Waals surface area contributed by atoms with Crippen LogP contribution in [-0.4, -0.2) is 48.3 Å². The van der Waals surface area contributed by atoms with Gasteiger partial charge in [-0.15, -0.1) is 0 Å². The number of carbonyl (C=O) groups excluding carboxylic acids is 4. The van der Waals surface area contributed by atoms with Crippen LogP contribution in [0.1, 0.15) is 38.2 Å². The van der Waals surface area contributed by atoms with Gasteiger partial charge in [0.1, 0.15) is 11.8 Å². The van der Waals surface area contributed by atoms with Crippen molar-refractivity contribution in [2.45, 2.75) is 45.2 Å². The molecule has 1 saturated heterocycles. The van der Waals surface area contributed by atoms with Crippen molar-refractivity contribution in [3.05, 3.63) is 29.8 Å². The number of esters is 1. The zero-order valence-corrected chi connectivity index (χ0v) is 16.7. The lowest BCUT2D eigenvalue weighted by Crippen LogP contribution is -2.45. The summed E-state index contributed by atoms with van der Waals surface area (Å²) >= 11 is 0. The SMILES string of the molecule is COc1ccc(CNC(=O)COC(=O)[C@H](C)N2C(=O)[C@@H]3CCCC[C@H]3C2=O)cc1. The van der Waals surface area contributed by atoms with Crippen molar-refractivity contribution in [1.82, 2.24) is 10.2 Å². The van der Waals surface area contributed by atoms with Crippen LogP contribution < -0.4 is 10.1 Å². The predicted octanol–water partition coefficient (Wildman–Crippen LogP) is 1.42. The molecular weight excluding hydrogens is 376 g/mol. The highest BCUT2D eigenvalue weighted by molar-refractivity contribution is 6.07. The first-order chi connectivity index (χ1) is 13.9. The lowest BCUT2D eigenvalue weighted by Gasteiger charge is -2.21. The smallest absolute Gasteiger partial charge is 0.329 e. The van der Waals surface area contributed by atoms with Crippen LogP contribution >= 0.6 is 0 Å². The summed E-state index contributed by atoms with van der Waals surface area (Å²) in [6.07, 6.45) is 3.20. The average Bonchev–Trinajstić information content (AvgIpc) is 3.00. The van der Waals surface area contributed by atoms with E-state index in [0.29, 0.717) is 18.6 Å². The summed E-state index contributed by atoms with van der Waals surface area (Å²) in [7, 11) is 1.57. The monoisotopic (exact) mass is 402 g/mol. The Hall–Kier alpha value is -2.90. The standard InChI is InChI=1S/C21H26N2O6/c1-13(23-19(25)16-5-3-4-6-17(16)20(23)26)21(27)29-12-18(24)22-11-14-7-9-15(28-2)10-8-14/h7-10,13,16-17H,3-6,11-12H2,1-2H3,(H,22,24)/t13-,16+,17+/m0/s1. The van der Waals surface area contributed by atoms with Gasteiger partial charge in [-0.25, -0.2) is 4.79 Å². The molecule has 3 atom stereocenters. The van der Waals surface area contributed by atoms with E-state index in [-0.39, 0.29) is 30.2 Å². The molecule has 29 heavy (non-hydrogen) atoms. The molecule has 1 aromatic carbocycles. The zero-order valence-electron chi connectivity index (χ0n) is 16.7. The molecule has 2 fully saturated rings.